The van der Waals surface area contributed by atoms with E-state index in [1.807, 2.05) is 0 Å². The topological polar surface area (TPSA) is 6.48 Å². The molecule has 14 rings (SSSR count). The van der Waals surface area contributed by atoms with Gasteiger partial charge in [0.15, 0.2) is 0 Å². The largest absolute Gasteiger partial charge is 0.315 e. The van der Waals surface area contributed by atoms with Gasteiger partial charge in [-0.05, 0) is 185 Å². The summed E-state index contributed by atoms with van der Waals surface area (Å²) in [6.45, 7) is 26.1. The molecule has 10 aromatic carbocycles. The summed E-state index contributed by atoms with van der Waals surface area (Å²) >= 11 is 0. The van der Waals surface area contributed by atoms with E-state index in [2.05, 4.69) is 315 Å². The van der Waals surface area contributed by atoms with Crippen molar-refractivity contribution < 1.29 is 0 Å². The van der Waals surface area contributed by atoms with Crippen molar-refractivity contribution in [2.75, 3.05) is 9.80 Å². The van der Waals surface area contributed by atoms with Gasteiger partial charge in [0.1, 0.15) is 0 Å². The molecular formula is C79H68N2. The second kappa shape index (κ2) is 18.3. The molecule has 0 fully saturated rings. The zero-order valence-corrected chi connectivity index (χ0v) is 48.1. The van der Waals surface area contributed by atoms with Gasteiger partial charge in [-0.1, -0.05) is 226 Å². The Morgan fingerprint density at radius 2 is 0.741 bits per heavy atom. The van der Waals surface area contributed by atoms with Gasteiger partial charge in [0.2, 0.25) is 0 Å². The lowest BCUT2D eigenvalue weighted by Gasteiger charge is -2.31. The van der Waals surface area contributed by atoms with Gasteiger partial charge >= 0.3 is 0 Å². The van der Waals surface area contributed by atoms with Crippen molar-refractivity contribution in [2.45, 2.75) is 84.0 Å². The van der Waals surface area contributed by atoms with E-state index in [0.717, 1.165) is 28.4 Å². The average molecular weight is 1050 g/mol. The fourth-order valence-electron chi connectivity index (χ4n) is 14.6. The lowest BCUT2D eigenvalue weighted by Crippen LogP contribution is -2.20. The van der Waals surface area contributed by atoms with Crippen LogP contribution in [-0.2, 0) is 21.7 Å². The molecule has 2 heteroatoms. The molecule has 10 aromatic rings. The Bertz CT molecular complexity index is 4090. The van der Waals surface area contributed by atoms with Crippen LogP contribution in [0.4, 0.5) is 28.4 Å². The molecule has 0 bridgehead atoms. The molecule has 0 aromatic heterocycles. The number of allylic oxidation sites excluding steroid dienone is 5. The molecule has 0 atom stereocenters. The fourth-order valence-corrected chi connectivity index (χ4v) is 14.6. The highest BCUT2D eigenvalue weighted by Crippen LogP contribution is 2.60. The molecule has 0 saturated heterocycles. The highest BCUT2D eigenvalue weighted by molar-refractivity contribution is 5.99. The molecular weight excluding hydrogens is 977 g/mol. The lowest BCUT2D eigenvalue weighted by molar-refractivity contribution is 0.646. The number of anilines is 5. The van der Waals surface area contributed by atoms with Gasteiger partial charge in [0.05, 0.1) is 5.69 Å². The summed E-state index contributed by atoms with van der Waals surface area (Å²) in [6.07, 6.45) is 4.54. The summed E-state index contributed by atoms with van der Waals surface area (Å²) in [5, 5.41) is 0. The van der Waals surface area contributed by atoms with Gasteiger partial charge in [-0.15, -0.1) is 0 Å². The second-order valence-corrected chi connectivity index (χ2v) is 25.0. The minimum Gasteiger partial charge on any atom is -0.315 e. The number of hydrogen-bond acceptors (Lipinski definition) is 2. The molecule has 0 unspecified atom stereocenters. The fraction of sp³-hybridized carbons (Fsp3) is 0.165. The van der Waals surface area contributed by atoms with Crippen LogP contribution in [0.2, 0.25) is 0 Å². The zero-order chi connectivity index (χ0) is 55.7. The molecule has 394 valence electrons. The van der Waals surface area contributed by atoms with Crippen LogP contribution in [0, 0.1) is 0 Å². The Hall–Kier alpha value is -8.98. The third kappa shape index (κ3) is 7.60. The molecule has 0 aliphatic heterocycles. The SMILES string of the molecule is C=CC1=C(/C=C(\C)N(c2ccc(-c3ccccc3)cc2)c2ccc(-c3ccccc3)cc2)C(C)(C)c2cc3c(cc21)C(C)(C)c1cccc(N(c2ccc4c(c2)C(C)(C)c2ccccc2-4)c2ccc4c(c2)C(C)(C)c2ccccc2-4)c1-3. The lowest BCUT2D eigenvalue weighted by atomic mass is 9.78. The van der Waals surface area contributed by atoms with Gasteiger partial charge < -0.3 is 9.80 Å². The monoisotopic (exact) mass is 1040 g/mol. The van der Waals surface area contributed by atoms with E-state index in [1.165, 1.54) is 117 Å². The van der Waals surface area contributed by atoms with E-state index in [4.69, 9.17) is 0 Å². The Morgan fingerprint density at radius 1 is 0.346 bits per heavy atom. The van der Waals surface area contributed by atoms with Crippen molar-refractivity contribution in [3.8, 4) is 55.6 Å². The maximum atomic E-state index is 4.57. The smallest absolute Gasteiger partial charge is 0.0543 e. The molecule has 4 aliphatic rings. The summed E-state index contributed by atoms with van der Waals surface area (Å²) in [5.41, 5.74) is 31.8. The highest BCUT2D eigenvalue weighted by Gasteiger charge is 2.44. The van der Waals surface area contributed by atoms with E-state index in [0.29, 0.717) is 0 Å². The van der Waals surface area contributed by atoms with Crippen molar-refractivity contribution in [2.24, 2.45) is 0 Å². The average Bonchev–Trinajstić information content (AvgIpc) is 4.19. The zero-order valence-electron chi connectivity index (χ0n) is 48.1. The van der Waals surface area contributed by atoms with Crippen molar-refractivity contribution >= 4 is 34.0 Å². The van der Waals surface area contributed by atoms with E-state index in [1.54, 1.807) is 0 Å². The molecule has 81 heavy (non-hydrogen) atoms. The predicted molar refractivity (Wildman–Crippen MR) is 344 cm³/mol. The Balaban J connectivity index is 0.910. The predicted octanol–water partition coefficient (Wildman–Crippen LogP) is 21.4. The first kappa shape index (κ1) is 50.3. The van der Waals surface area contributed by atoms with Crippen molar-refractivity contribution in [3.63, 3.8) is 0 Å². The Morgan fingerprint density at radius 3 is 1.25 bits per heavy atom. The van der Waals surface area contributed by atoms with Crippen molar-refractivity contribution in [1.82, 2.24) is 0 Å². The van der Waals surface area contributed by atoms with Crippen LogP contribution in [0.1, 0.15) is 107 Å². The quantitative estimate of drug-likeness (QED) is 0.135. The highest BCUT2D eigenvalue weighted by atomic mass is 15.2. The molecule has 0 N–H and O–H groups in total. The molecule has 0 heterocycles. The Labute approximate surface area is 479 Å². The van der Waals surface area contributed by atoms with Crippen LogP contribution >= 0.6 is 0 Å². The first-order chi connectivity index (χ1) is 39.1. The number of nitrogens with zero attached hydrogens (tertiary/aromatic N) is 2. The van der Waals surface area contributed by atoms with E-state index in [-0.39, 0.29) is 21.7 Å². The third-order valence-electron chi connectivity index (χ3n) is 19.0. The van der Waals surface area contributed by atoms with E-state index < -0.39 is 0 Å². The first-order valence-corrected chi connectivity index (χ1v) is 28.9. The molecule has 4 aliphatic carbocycles. The van der Waals surface area contributed by atoms with Gasteiger partial charge in [0.25, 0.3) is 0 Å². The summed E-state index contributed by atoms with van der Waals surface area (Å²) in [7, 11) is 0. The van der Waals surface area contributed by atoms with E-state index in [9.17, 15) is 0 Å². The van der Waals surface area contributed by atoms with Crippen molar-refractivity contribution in [3.05, 3.63) is 299 Å². The standard InChI is InChI=1S/C79H68N2/c1-11-59-64-48-73-65(49-72(64)79(9,10)69(59)45-50(2)80(55-37-33-53(34-38-55)51-23-14-12-15-24-51)56-39-35-54(36-40-56)52-25-16-13-17-26-52)75-68(78(73,7)8)31-22-32-74(75)81(57-41-43-62-60-27-18-20-29-66(60)76(3,4)70(62)46-57)58-42-44-63-61-28-19-21-30-67(61)77(5,6)71(63)47-58/h11-49H,1H2,2-10H3/b50-45+. The molecule has 0 radical (unpaired) electrons. The minimum absolute atomic E-state index is 0.161. The number of hydrogen-bond donors (Lipinski definition) is 0. The van der Waals surface area contributed by atoms with Crippen LogP contribution in [0.3, 0.4) is 0 Å². The summed E-state index contributed by atoms with van der Waals surface area (Å²) in [6, 6.07) is 83.9. The van der Waals surface area contributed by atoms with Gasteiger partial charge in [-0.3, -0.25) is 0 Å². The maximum Gasteiger partial charge on any atom is 0.0543 e. The second-order valence-electron chi connectivity index (χ2n) is 25.0. The first-order valence-electron chi connectivity index (χ1n) is 28.9. The van der Waals surface area contributed by atoms with E-state index >= 15 is 0 Å². The van der Waals surface area contributed by atoms with Gasteiger partial charge in [-0.2, -0.15) is 0 Å². The van der Waals surface area contributed by atoms with Gasteiger partial charge in [0, 0.05) is 55.7 Å². The molecule has 2 nitrogen and oxygen atoms in total. The normalized spacial score (nSPS) is 15.9. The van der Waals surface area contributed by atoms with Crippen LogP contribution in [0.15, 0.2) is 254 Å². The summed E-state index contributed by atoms with van der Waals surface area (Å²) in [5.74, 6) is 0. The number of fused-ring (bicyclic) bond motifs is 10. The van der Waals surface area contributed by atoms with Crippen molar-refractivity contribution in [1.29, 1.82) is 0 Å². The number of benzene rings is 10. The molecule has 0 spiro atoms. The molecule has 0 amide bonds. The van der Waals surface area contributed by atoms with Crippen LogP contribution < -0.4 is 9.80 Å². The van der Waals surface area contributed by atoms with Crippen LogP contribution in [0.5, 0.6) is 0 Å². The van der Waals surface area contributed by atoms with Crippen LogP contribution in [0.25, 0.3) is 61.2 Å². The summed E-state index contributed by atoms with van der Waals surface area (Å²) in [4.78, 5) is 4.99. The third-order valence-corrected chi connectivity index (χ3v) is 19.0. The Kier molecular flexibility index (Phi) is 11.3. The minimum atomic E-state index is -0.363. The molecule has 0 saturated carbocycles. The number of rotatable bonds is 10. The van der Waals surface area contributed by atoms with Gasteiger partial charge in [-0.25, -0.2) is 0 Å². The maximum absolute atomic E-state index is 4.57. The summed E-state index contributed by atoms with van der Waals surface area (Å²) < 4.78 is 0. The van der Waals surface area contributed by atoms with Crippen LogP contribution in [-0.4, -0.2) is 0 Å².